The minimum Gasteiger partial charge on any atom is -0.378 e. The molecular weight excluding hydrogens is 266 g/mol. The van der Waals surface area contributed by atoms with Crippen LogP contribution in [0.15, 0.2) is 24.3 Å². The van der Waals surface area contributed by atoms with Crippen molar-refractivity contribution < 1.29 is 9.59 Å². The molecule has 0 unspecified atom stereocenters. The molecule has 1 saturated heterocycles. The number of amides is 2. The minimum absolute atomic E-state index is 0.000879. The minimum atomic E-state index is -0.000879. The summed E-state index contributed by atoms with van der Waals surface area (Å²) in [5, 5.41) is 2.92. The van der Waals surface area contributed by atoms with Crippen LogP contribution in [0.5, 0.6) is 0 Å². The van der Waals surface area contributed by atoms with Gasteiger partial charge >= 0.3 is 0 Å². The second kappa shape index (κ2) is 6.61. The predicted molar refractivity (Wildman–Crippen MR) is 83.5 cm³/mol. The van der Waals surface area contributed by atoms with Gasteiger partial charge in [-0.05, 0) is 37.1 Å². The Morgan fingerprint density at radius 3 is 2.19 bits per heavy atom. The fourth-order valence-electron chi connectivity index (χ4n) is 2.60. The lowest BCUT2D eigenvalue weighted by molar-refractivity contribution is -0.119. The highest BCUT2D eigenvalue weighted by atomic mass is 16.2. The van der Waals surface area contributed by atoms with Crippen LogP contribution >= 0.6 is 0 Å². The molecule has 0 saturated carbocycles. The highest BCUT2D eigenvalue weighted by Crippen LogP contribution is 2.17. The van der Waals surface area contributed by atoms with E-state index in [1.165, 1.54) is 6.92 Å². The Morgan fingerprint density at radius 2 is 1.71 bits per heavy atom. The number of likely N-dealkylation sites (tertiary alicyclic amines) is 1. The Labute approximate surface area is 125 Å². The molecule has 5 nitrogen and oxygen atoms in total. The summed E-state index contributed by atoms with van der Waals surface area (Å²) < 4.78 is 0. The fraction of sp³-hybridized carbons (Fsp3) is 0.500. The van der Waals surface area contributed by atoms with E-state index in [9.17, 15) is 9.59 Å². The van der Waals surface area contributed by atoms with Crippen LogP contribution in [0.4, 0.5) is 5.69 Å². The molecule has 21 heavy (non-hydrogen) atoms. The Morgan fingerprint density at radius 1 is 1.14 bits per heavy atom. The summed E-state index contributed by atoms with van der Waals surface area (Å²) in [5.74, 6) is 0.0700. The van der Waals surface area contributed by atoms with Crippen LogP contribution in [0.1, 0.15) is 30.1 Å². The molecule has 0 spiro atoms. The maximum atomic E-state index is 12.4. The van der Waals surface area contributed by atoms with Crippen molar-refractivity contribution >= 4 is 17.5 Å². The molecule has 0 aliphatic carbocycles. The summed E-state index contributed by atoms with van der Waals surface area (Å²) in [7, 11) is 3.95. The average molecular weight is 289 g/mol. The Balaban J connectivity index is 1.94. The van der Waals surface area contributed by atoms with E-state index < -0.39 is 0 Å². The molecular formula is C16H23N3O2. The smallest absolute Gasteiger partial charge is 0.253 e. The van der Waals surface area contributed by atoms with Crippen molar-refractivity contribution in [3.63, 3.8) is 0 Å². The van der Waals surface area contributed by atoms with Crippen molar-refractivity contribution in [2.24, 2.45) is 0 Å². The monoisotopic (exact) mass is 289 g/mol. The zero-order chi connectivity index (χ0) is 15.4. The molecule has 0 bridgehead atoms. The molecule has 2 rings (SSSR count). The third-order valence-electron chi connectivity index (χ3n) is 3.82. The Bertz CT molecular complexity index is 503. The quantitative estimate of drug-likeness (QED) is 0.917. The molecule has 1 aliphatic heterocycles. The molecule has 1 N–H and O–H groups in total. The van der Waals surface area contributed by atoms with E-state index in [-0.39, 0.29) is 17.9 Å². The van der Waals surface area contributed by atoms with E-state index in [2.05, 4.69) is 5.32 Å². The van der Waals surface area contributed by atoms with Crippen molar-refractivity contribution in [1.82, 2.24) is 10.2 Å². The van der Waals surface area contributed by atoms with E-state index in [1.54, 1.807) is 0 Å². The van der Waals surface area contributed by atoms with Gasteiger partial charge in [0.2, 0.25) is 5.91 Å². The zero-order valence-electron chi connectivity index (χ0n) is 12.9. The Hall–Kier alpha value is -2.04. The van der Waals surface area contributed by atoms with Crippen LogP contribution in [-0.4, -0.2) is 49.9 Å². The number of hydrogen-bond acceptors (Lipinski definition) is 3. The largest absolute Gasteiger partial charge is 0.378 e. The predicted octanol–water partition coefficient (Wildman–Crippen LogP) is 1.49. The molecule has 1 aromatic carbocycles. The van der Waals surface area contributed by atoms with Crippen molar-refractivity contribution in [3.8, 4) is 0 Å². The van der Waals surface area contributed by atoms with Gasteiger partial charge in [-0.3, -0.25) is 9.59 Å². The molecule has 0 radical (unpaired) electrons. The number of nitrogens with one attached hydrogen (secondary N) is 1. The van der Waals surface area contributed by atoms with Crippen molar-refractivity contribution in [1.29, 1.82) is 0 Å². The van der Waals surface area contributed by atoms with Crippen molar-refractivity contribution in [2.45, 2.75) is 25.8 Å². The van der Waals surface area contributed by atoms with Gasteiger partial charge in [-0.1, -0.05) is 0 Å². The van der Waals surface area contributed by atoms with Gasteiger partial charge < -0.3 is 15.1 Å². The van der Waals surface area contributed by atoms with Crippen LogP contribution in [0.3, 0.4) is 0 Å². The second-order valence-electron chi connectivity index (χ2n) is 5.71. The normalized spacial score (nSPS) is 15.7. The summed E-state index contributed by atoms with van der Waals surface area (Å²) in [6, 6.07) is 7.85. The van der Waals surface area contributed by atoms with Crippen LogP contribution in [0.2, 0.25) is 0 Å². The summed E-state index contributed by atoms with van der Waals surface area (Å²) in [6.07, 6.45) is 1.64. The summed E-state index contributed by atoms with van der Waals surface area (Å²) in [6.45, 7) is 2.92. The van der Waals surface area contributed by atoms with Gasteiger partial charge in [-0.25, -0.2) is 0 Å². The van der Waals surface area contributed by atoms with Crippen molar-refractivity contribution in [2.75, 3.05) is 32.1 Å². The highest BCUT2D eigenvalue weighted by Gasteiger charge is 2.23. The number of piperidine rings is 1. The van der Waals surface area contributed by atoms with Gasteiger partial charge in [0.1, 0.15) is 0 Å². The number of nitrogens with zero attached hydrogens (tertiary/aromatic N) is 2. The van der Waals surface area contributed by atoms with E-state index in [0.29, 0.717) is 13.1 Å². The van der Waals surface area contributed by atoms with E-state index in [0.717, 1.165) is 24.1 Å². The van der Waals surface area contributed by atoms with Crippen LogP contribution in [0, 0.1) is 0 Å². The first-order chi connectivity index (χ1) is 9.97. The summed E-state index contributed by atoms with van der Waals surface area (Å²) in [4.78, 5) is 27.3. The first kappa shape index (κ1) is 15.4. The lowest BCUT2D eigenvalue weighted by Gasteiger charge is -2.32. The Kier molecular flexibility index (Phi) is 4.83. The van der Waals surface area contributed by atoms with Gasteiger partial charge in [0.15, 0.2) is 0 Å². The highest BCUT2D eigenvalue weighted by molar-refractivity contribution is 5.94. The van der Waals surface area contributed by atoms with Gasteiger partial charge in [-0.2, -0.15) is 0 Å². The SMILES string of the molecule is CC(=O)NC1CCN(C(=O)c2ccc(N(C)C)cc2)CC1. The number of anilines is 1. The topological polar surface area (TPSA) is 52.7 Å². The third-order valence-corrected chi connectivity index (χ3v) is 3.82. The van der Waals surface area contributed by atoms with E-state index >= 15 is 0 Å². The fourth-order valence-corrected chi connectivity index (χ4v) is 2.60. The van der Waals surface area contributed by atoms with Gasteiger partial charge in [-0.15, -0.1) is 0 Å². The number of carbonyl (C=O) groups excluding carboxylic acids is 2. The molecule has 1 fully saturated rings. The van der Waals surface area contributed by atoms with Crippen LogP contribution in [-0.2, 0) is 4.79 Å². The first-order valence-corrected chi connectivity index (χ1v) is 7.31. The molecule has 0 aromatic heterocycles. The van der Waals surface area contributed by atoms with E-state index in [1.807, 2.05) is 48.2 Å². The standard InChI is InChI=1S/C16H23N3O2/c1-12(20)17-14-8-10-19(11-9-14)16(21)13-4-6-15(7-5-13)18(2)3/h4-7,14H,8-11H2,1-3H3,(H,17,20). The maximum Gasteiger partial charge on any atom is 0.253 e. The van der Waals surface area contributed by atoms with Gasteiger partial charge in [0.05, 0.1) is 0 Å². The number of hydrogen-bond donors (Lipinski definition) is 1. The number of carbonyl (C=O) groups is 2. The van der Waals surface area contributed by atoms with Crippen LogP contribution < -0.4 is 10.2 Å². The molecule has 1 aromatic rings. The van der Waals surface area contributed by atoms with Crippen LogP contribution in [0.25, 0.3) is 0 Å². The molecule has 114 valence electrons. The number of benzene rings is 1. The average Bonchev–Trinajstić information content (AvgIpc) is 2.47. The molecule has 2 amide bonds. The third kappa shape index (κ3) is 3.97. The van der Waals surface area contributed by atoms with E-state index in [4.69, 9.17) is 0 Å². The van der Waals surface area contributed by atoms with Gasteiger partial charge in [0.25, 0.3) is 5.91 Å². The zero-order valence-corrected chi connectivity index (χ0v) is 12.9. The molecule has 1 heterocycles. The summed E-state index contributed by atoms with van der Waals surface area (Å²) >= 11 is 0. The summed E-state index contributed by atoms with van der Waals surface area (Å²) in [5.41, 5.74) is 1.80. The first-order valence-electron chi connectivity index (χ1n) is 7.31. The van der Waals surface area contributed by atoms with Gasteiger partial charge in [0, 0.05) is 51.4 Å². The lowest BCUT2D eigenvalue weighted by atomic mass is 10.0. The number of rotatable bonds is 3. The molecule has 0 atom stereocenters. The second-order valence-corrected chi connectivity index (χ2v) is 5.71. The lowest BCUT2D eigenvalue weighted by Crippen LogP contribution is -2.46. The molecule has 1 aliphatic rings. The maximum absolute atomic E-state index is 12.4. The molecule has 5 heteroatoms. The van der Waals surface area contributed by atoms with Crippen molar-refractivity contribution in [3.05, 3.63) is 29.8 Å².